The number of benzene rings is 2. The van der Waals surface area contributed by atoms with E-state index in [1.807, 2.05) is 19.9 Å². The fourth-order valence-corrected chi connectivity index (χ4v) is 5.17. The van der Waals surface area contributed by atoms with E-state index < -0.39 is 11.7 Å². The summed E-state index contributed by atoms with van der Waals surface area (Å²) >= 11 is 1.08. The Kier molecular flexibility index (Phi) is 5.32. The first-order valence-corrected chi connectivity index (χ1v) is 11.6. The number of amides is 1. The molecule has 0 saturated heterocycles. The number of carbonyl (C=O) groups is 1. The third-order valence-corrected chi connectivity index (χ3v) is 6.86. The van der Waals surface area contributed by atoms with E-state index in [0.717, 1.165) is 40.0 Å². The molecule has 34 heavy (non-hydrogen) atoms. The minimum atomic E-state index is -0.509. The Hall–Kier alpha value is -3.78. The molecule has 6 nitrogen and oxygen atoms in total. The van der Waals surface area contributed by atoms with Crippen LogP contribution in [-0.2, 0) is 4.79 Å². The van der Waals surface area contributed by atoms with Crippen molar-refractivity contribution in [2.24, 2.45) is 10.1 Å². The second-order valence-electron chi connectivity index (χ2n) is 8.36. The number of fused-ring (bicyclic) bond motifs is 1. The molecule has 5 rings (SSSR count). The molecule has 0 atom stereocenters. The maximum absolute atomic E-state index is 14.2. The number of nitrogens with zero attached hydrogens (tertiary/aromatic N) is 4. The molecule has 0 unspecified atom stereocenters. The summed E-state index contributed by atoms with van der Waals surface area (Å²) in [6.45, 7) is 8.14. The number of hydrogen-bond acceptors (Lipinski definition) is 4. The SMILES string of the molecule is Cc1ccc(-n2c(C)cc(/C=C3\C(=N)N4N=C(c5ccccc5F)SC4=NC3=O)c2C)c(C)c1. The van der Waals surface area contributed by atoms with Crippen molar-refractivity contribution in [3.8, 4) is 5.69 Å². The number of hydrazone groups is 1. The summed E-state index contributed by atoms with van der Waals surface area (Å²) in [7, 11) is 0. The molecule has 2 aromatic carbocycles. The maximum atomic E-state index is 14.2. The third kappa shape index (κ3) is 3.60. The summed E-state index contributed by atoms with van der Waals surface area (Å²) in [6.07, 6.45) is 1.69. The Balaban J connectivity index is 1.53. The van der Waals surface area contributed by atoms with Gasteiger partial charge in [-0.15, -0.1) is 0 Å². The third-order valence-electron chi connectivity index (χ3n) is 5.92. The van der Waals surface area contributed by atoms with Gasteiger partial charge in [-0.2, -0.15) is 15.1 Å². The minimum Gasteiger partial charge on any atom is -0.318 e. The molecule has 0 aliphatic carbocycles. The Labute approximate surface area is 201 Å². The molecule has 3 aromatic rings. The standard InChI is InChI=1S/C26H22FN5OS/c1-14-9-10-22(15(2)11-14)31-16(3)12-18(17(31)4)13-20-23(28)32-26(29-24(20)33)34-25(30-32)19-7-5-6-8-21(19)27/h5-13,28H,1-4H3/b20-13+,28-23?. The molecule has 8 heteroatoms. The predicted octanol–water partition coefficient (Wildman–Crippen LogP) is 5.52. The zero-order valence-electron chi connectivity index (χ0n) is 19.2. The smallest absolute Gasteiger partial charge is 0.283 e. The number of thioether (sulfide) groups is 1. The molecule has 0 saturated carbocycles. The zero-order chi connectivity index (χ0) is 24.1. The molecular weight excluding hydrogens is 449 g/mol. The van der Waals surface area contributed by atoms with Crippen LogP contribution in [0.25, 0.3) is 11.8 Å². The van der Waals surface area contributed by atoms with Crippen LogP contribution in [0.4, 0.5) is 4.39 Å². The van der Waals surface area contributed by atoms with Gasteiger partial charge in [-0.1, -0.05) is 29.8 Å². The van der Waals surface area contributed by atoms with Gasteiger partial charge in [0, 0.05) is 22.6 Å². The van der Waals surface area contributed by atoms with Crippen LogP contribution in [0.1, 0.15) is 33.6 Å². The number of aromatic nitrogens is 1. The number of amidine groups is 2. The average Bonchev–Trinajstić information content (AvgIpc) is 3.32. The first-order valence-electron chi connectivity index (χ1n) is 10.8. The van der Waals surface area contributed by atoms with Crippen LogP contribution in [0.2, 0.25) is 0 Å². The Morgan fingerprint density at radius 2 is 1.82 bits per heavy atom. The summed E-state index contributed by atoms with van der Waals surface area (Å²) < 4.78 is 16.4. The van der Waals surface area contributed by atoms with Crippen molar-refractivity contribution >= 4 is 39.8 Å². The Morgan fingerprint density at radius 3 is 2.56 bits per heavy atom. The Bertz CT molecular complexity index is 1480. The van der Waals surface area contributed by atoms with Gasteiger partial charge in [0.2, 0.25) is 5.17 Å². The first-order chi connectivity index (χ1) is 16.2. The molecule has 170 valence electrons. The lowest BCUT2D eigenvalue weighted by atomic mass is 10.1. The van der Waals surface area contributed by atoms with Crippen molar-refractivity contribution in [3.63, 3.8) is 0 Å². The first kappa shape index (κ1) is 22.0. The highest BCUT2D eigenvalue weighted by Gasteiger charge is 2.36. The molecule has 0 fully saturated rings. The number of halogens is 1. The summed E-state index contributed by atoms with van der Waals surface area (Å²) in [5, 5.41) is 14.9. The van der Waals surface area contributed by atoms with Crippen LogP contribution in [-0.4, -0.2) is 31.5 Å². The lowest BCUT2D eigenvalue weighted by Gasteiger charge is -2.20. The van der Waals surface area contributed by atoms with Crippen molar-refractivity contribution < 1.29 is 9.18 Å². The van der Waals surface area contributed by atoms with E-state index in [9.17, 15) is 9.18 Å². The fraction of sp³-hybridized carbons (Fsp3) is 0.154. The number of nitrogens with one attached hydrogen (secondary N) is 1. The van der Waals surface area contributed by atoms with E-state index in [2.05, 4.69) is 46.7 Å². The predicted molar refractivity (Wildman–Crippen MR) is 135 cm³/mol. The molecule has 1 amide bonds. The molecule has 1 aromatic heterocycles. The van der Waals surface area contributed by atoms with Gasteiger partial charge in [0.05, 0.1) is 5.57 Å². The van der Waals surface area contributed by atoms with Gasteiger partial charge in [-0.25, -0.2) is 4.39 Å². The second-order valence-corrected chi connectivity index (χ2v) is 9.31. The van der Waals surface area contributed by atoms with Crippen LogP contribution in [0.15, 0.2) is 64.2 Å². The highest BCUT2D eigenvalue weighted by molar-refractivity contribution is 8.27. The Morgan fingerprint density at radius 1 is 1.06 bits per heavy atom. The van der Waals surface area contributed by atoms with E-state index in [0.29, 0.717) is 10.6 Å². The van der Waals surface area contributed by atoms with E-state index in [1.54, 1.807) is 24.3 Å². The summed E-state index contributed by atoms with van der Waals surface area (Å²) in [5.74, 6) is -1.00. The van der Waals surface area contributed by atoms with Gasteiger partial charge in [-0.05, 0) is 80.9 Å². The summed E-state index contributed by atoms with van der Waals surface area (Å²) in [5.41, 5.74) is 6.68. The van der Waals surface area contributed by atoms with Crippen LogP contribution < -0.4 is 0 Å². The monoisotopic (exact) mass is 471 g/mol. The van der Waals surface area contributed by atoms with Crippen molar-refractivity contribution in [3.05, 3.63) is 93.6 Å². The van der Waals surface area contributed by atoms with Crippen LogP contribution >= 0.6 is 11.8 Å². The zero-order valence-corrected chi connectivity index (χ0v) is 20.0. The van der Waals surface area contributed by atoms with Crippen LogP contribution in [0.5, 0.6) is 0 Å². The highest BCUT2D eigenvalue weighted by Crippen LogP contribution is 2.32. The molecule has 0 spiro atoms. The molecule has 0 radical (unpaired) electrons. The van der Waals surface area contributed by atoms with Crippen molar-refractivity contribution in [2.75, 3.05) is 0 Å². The van der Waals surface area contributed by atoms with Crippen LogP contribution in [0, 0.1) is 38.9 Å². The summed E-state index contributed by atoms with van der Waals surface area (Å²) in [4.78, 5) is 17.0. The molecule has 2 aliphatic rings. The molecular formula is C26H22FN5OS. The van der Waals surface area contributed by atoms with Gasteiger partial charge in [0.1, 0.15) is 10.9 Å². The largest absolute Gasteiger partial charge is 0.318 e. The molecule has 1 N–H and O–H groups in total. The van der Waals surface area contributed by atoms with E-state index in [-0.39, 0.29) is 16.6 Å². The number of aliphatic imine (C=N–C) groups is 1. The number of hydrogen-bond donors (Lipinski definition) is 1. The quantitative estimate of drug-likeness (QED) is 0.512. The lowest BCUT2D eigenvalue weighted by Crippen LogP contribution is -2.35. The number of rotatable bonds is 3. The van der Waals surface area contributed by atoms with Gasteiger partial charge >= 0.3 is 0 Å². The van der Waals surface area contributed by atoms with Gasteiger partial charge < -0.3 is 4.57 Å². The molecule has 3 heterocycles. The second kappa shape index (κ2) is 8.22. The highest BCUT2D eigenvalue weighted by atomic mass is 32.2. The van der Waals surface area contributed by atoms with E-state index in [4.69, 9.17) is 5.41 Å². The normalized spacial score (nSPS) is 16.7. The number of aryl methyl sites for hydroxylation is 3. The molecule has 0 bridgehead atoms. The van der Waals surface area contributed by atoms with E-state index in [1.165, 1.54) is 16.6 Å². The maximum Gasteiger partial charge on any atom is 0.283 e. The molecule has 2 aliphatic heterocycles. The lowest BCUT2D eigenvalue weighted by molar-refractivity contribution is -0.114. The van der Waals surface area contributed by atoms with Gasteiger partial charge in [0.25, 0.3) is 5.91 Å². The number of carbonyl (C=O) groups excluding carboxylic acids is 1. The minimum absolute atomic E-state index is 0.0786. The van der Waals surface area contributed by atoms with Gasteiger partial charge in [-0.3, -0.25) is 10.2 Å². The van der Waals surface area contributed by atoms with Crippen LogP contribution in [0.3, 0.4) is 0 Å². The van der Waals surface area contributed by atoms with E-state index >= 15 is 0 Å². The summed E-state index contributed by atoms with van der Waals surface area (Å²) in [6, 6.07) is 14.6. The fourth-order valence-electron chi connectivity index (χ4n) is 4.25. The van der Waals surface area contributed by atoms with Gasteiger partial charge in [0.15, 0.2) is 5.84 Å². The topological polar surface area (TPSA) is 73.8 Å². The van der Waals surface area contributed by atoms with Crippen molar-refractivity contribution in [2.45, 2.75) is 27.7 Å². The van der Waals surface area contributed by atoms with Crippen molar-refractivity contribution in [1.82, 2.24) is 9.58 Å². The van der Waals surface area contributed by atoms with Crippen molar-refractivity contribution in [1.29, 1.82) is 5.41 Å². The average molecular weight is 472 g/mol.